The smallest absolute Gasteiger partial charge is 0.387 e. The van der Waals surface area contributed by atoms with Gasteiger partial charge in [0.05, 0.1) is 23.6 Å². The van der Waals surface area contributed by atoms with E-state index in [-0.39, 0.29) is 5.75 Å². The SMILES string of the molecule is CN1CCCN(Cc2nnnn2-c2ccc(OC(F)F)cc2)c2ccccc21. The van der Waals surface area contributed by atoms with E-state index < -0.39 is 6.61 Å². The van der Waals surface area contributed by atoms with Gasteiger partial charge in [-0.15, -0.1) is 5.10 Å². The normalized spacial score (nSPS) is 14.1. The summed E-state index contributed by atoms with van der Waals surface area (Å²) >= 11 is 0. The van der Waals surface area contributed by atoms with Gasteiger partial charge in [-0.2, -0.15) is 13.5 Å². The van der Waals surface area contributed by atoms with E-state index in [1.54, 1.807) is 16.8 Å². The number of rotatable bonds is 5. The Morgan fingerprint density at radius 2 is 1.79 bits per heavy atom. The van der Waals surface area contributed by atoms with Gasteiger partial charge in [-0.25, -0.2) is 0 Å². The molecule has 0 bridgehead atoms. The van der Waals surface area contributed by atoms with Gasteiger partial charge < -0.3 is 14.5 Å². The summed E-state index contributed by atoms with van der Waals surface area (Å²) in [5, 5.41) is 12.0. The van der Waals surface area contributed by atoms with Crippen molar-refractivity contribution in [2.24, 2.45) is 0 Å². The zero-order valence-corrected chi connectivity index (χ0v) is 15.4. The molecule has 1 aromatic heterocycles. The van der Waals surface area contributed by atoms with Gasteiger partial charge in [0.1, 0.15) is 5.75 Å². The molecule has 0 saturated carbocycles. The predicted octanol–water partition coefficient (Wildman–Crippen LogP) is 3.11. The second-order valence-electron chi connectivity index (χ2n) is 6.56. The number of nitrogens with zero attached hydrogens (tertiary/aromatic N) is 6. The maximum absolute atomic E-state index is 12.3. The summed E-state index contributed by atoms with van der Waals surface area (Å²) in [4.78, 5) is 4.51. The first kappa shape index (κ1) is 18.1. The van der Waals surface area contributed by atoms with Crippen molar-refractivity contribution in [1.29, 1.82) is 0 Å². The van der Waals surface area contributed by atoms with Crippen LogP contribution in [0.4, 0.5) is 20.2 Å². The second-order valence-corrected chi connectivity index (χ2v) is 6.56. The number of aromatic nitrogens is 4. The fourth-order valence-corrected chi connectivity index (χ4v) is 3.40. The van der Waals surface area contributed by atoms with Crippen molar-refractivity contribution in [3.63, 3.8) is 0 Å². The summed E-state index contributed by atoms with van der Waals surface area (Å²) in [5.74, 6) is 0.764. The maximum atomic E-state index is 12.3. The summed E-state index contributed by atoms with van der Waals surface area (Å²) in [6.07, 6.45) is 1.02. The zero-order chi connectivity index (χ0) is 19.5. The van der Waals surface area contributed by atoms with Crippen molar-refractivity contribution >= 4 is 11.4 Å². The molecule has 28 heavy (non-hydrogen) atoms. The van der Waals surface area contributed by atoms with E-state index in [1.807, 2.05) is 12.1 Å². The summed E-state index contributed by atoms with van der Waals surface area (Å²) in [5.41, 5.74) is 2.99. The molecule has 0 amide bonds. The number of halogens is 2. The Hall–Kier alpha value is -3.23. The number of ether oxygens (including phenoxy) is 1. The molecule has 0 radical (unpaired) electrons. The average molecular weight is 386 g/mol. The number of para-hydroxylation sites is 2. The van der Waals surface area contributed by atoms with Gasteiger partial charge in [-0.3, -0.25) is 0 Å². The van der Waals surface area contributed by atoms with Gasteiger partial charge in [0, 0.05) is 20.1 Å². The van der Waals surface area contributed by atoms with Crippen LogP contribution in [0.3, 0.4) is 0 Å². The third-order valence-corrected chi connectivity index (χ3v) is 4.73. The van der Waals surface area contributed by atoms with Gasteiger partial charge >= 0.3 is 6.61 Å². The fraction of sp³-hybridized carbons (Fsp3) is 0.316. The summed E-state index contributed by atoms with van der Waals surface area (Å²) in [6.45, 7) is -0.456. The first-order chi connectivity index (χ1) is 13.6. The Balaban J connectivity index is 1.59. The first-order valence-corrected chi connectivity index (χ1v) is 8.99. The minimum Gasteiger partial charge on any atom is -0.435 e. The second kappa shape index (κ2) is 7.79. The molecule has 4 rings (SSSR count). The number of hydrogen-bond acceptors (Lipinski definition) is 6. The third-order valence-electron chi connectivity index (χ3n) is 4.73. The first-order valence-electron chi connectivity index (χ1n) is 8.99. The molecule has 0 aliphatic carbocycles. The summed E-state index contributed by atoms with van der Waals surface area (Å²) in [6, 6.07) is 14.5. The third kappa shape index (κ3) is 3.73. The Morgan fingerprint density at radius 3 is 2.54 bits per heavy atom. The van der Waals surface area contributed by atoms with Crippen LogP contribution in [0.25, 0.3) is 5.69 Å². The summed E-state index contributed by atoms with van der Waals surface area (Å²) in [7, 11) is 2.09. The Kier molecular flexibility index (Phi) is 5.05. The van der Waals surface area contributed by atoms with E-state index in [4.69, 9.17) is 0 Å². The lowest BCUT2D eigenvalue weighted by Gasteiger charge is -2.25. The van der Waals surface area contributed by atoms with E-state index in [9.17, 15) is 8.78 Å². The lowest BCUT2D eigenvalue weighted by atomic mass is 10.2. The summed E-state index contributed by atoms with van der Waals surface area (Å²) < 4.78 is 30.7. The van der Waals surface area contributed by atoms with Gasteiger partial charge in [-0.1, -0.05) is 12.1 Å². The molecule has 0 spiro atoms. The highest BCUT2D eigenvalue weighted by molar-refractivity contribution is 5.71. The zero-order valence-electron chi connectivity index (χ0n) is 15.4. The van der Waals surface area contributed by atoms with Crippen LogP contribution >= 0.6 is 0 Å². The molecule has 2 aromatic carbocycles. The molecule has 7 nitrogen and oxygen atoms in total. The van der Waals surface area contributed by atoms with Crippen LogP contribution in [0, 0.1) is 0 Å². The minimum atomic E-state index is -2.85. The quantitative estimate of drug-likeness (QED) is 0.672. The van der Waals surface area contributed by atoms with Crippen LogP contribution in [0.1, 0.15) is 12.2 Å². The number of anilines is 2. The van der Waals surface area contributed by atoms with E-state index in [0.717, 1.165) is 25.2 Å². The molecule has 2 heterocycles. The van der Waals surface area contributed by atoms with Crippen LogP contribution in [0.2, 0.25) is 0 Å². The highest BCUT2D eigenvalue weighted by Crippen LogP contribution is 2.32. The Labute approximate surface area is 161 Å². The van der Waals surface area contributed by atoms with Crippen molar-refractivity contribution in [1.82, 2.24) is 20.2 Å². The molecule has 0 N–H and O–H groups in total. The van der Waals surface area contributed by atoms with Crippen LogP contribution < -0.4 is 14.5 Å². The van der Waals surface area contributed by atoms with Crippen molar-refractivity contribution in [2.45, 2.75) is 19.6 Å². The average Bonchev–Trinajstić information content (AvgIpc) is 3.09. The maximum Gasteiger partial charge on any atom is 0.387 e. The van der Waals surface area contributed by atoms with Crippen molar-refractivity contribution < 1.29 is 13.5 Å². The van der Waals surface area contributed by atoms with Crippen molar-refractivity contribution in [3.8, 4) is 11.4 Å². The monoisotopic (exact) mass is 386 g/mol. The highest BCUT2D eigenvalue weighted by atomic mass is 19.3. The lowest BCUT2D eigenvalue weighted by Crippen LogP contribution is -2.25. The largest absolute Gasteiger partial charge is 0.435 e. The molecule has 1 aliphatic heterocycles. The van der Waals surface area contributed by atoms with Crippen LogP contribution in [-0.4, -0.2) is 47.0 Å². The molecule has 0 atom stereocenters. The molecule has 146 valence electrons. The standard InChI is InChI=1S/C19H20F2N6O/c1-25-11-4-12-26(17-6-3-2-5-16(17)25)13-18-22-23-24-27(18)14-7-9-15(10-8-14)28-19(20)21/h2-3,5-10,19H,4,11-13H2,1H3. The van der Waals surface area contributed by atoms with Crippen LogP contribution in [-0.2, 0) is 6.54 Å². The van der Waals surface area contributed by atoms with Gasteiger partial charge in [0.25, 0.3) is 0 Å². The van der Waals surface area contributed by atoms with E-state index in [2.05, 4.69) is 49.2 Å². The molecule has 0 unspecified atom stereocenters. The van der Waals surface area contributed by atoms with Crippen LogP contribution in [0.15, 0.2) is 48.5 Å². The molecular weight excluding hydrogens is 366 g/mol. The predicted molar refractivity (Wildman–Crippen MR) is 101 cm³/mol. The minimum absolute atomic E-state index is 0.0952. The fourth-order valence-electron chi connectivity index (χ4n) is 3.40. The van der Waals surface area contributed by atoms with Crippen LogP contribution in [0.5, 0.6) is 5.75 Å². The molecule has 0 fully saturated rings. The molecular formula is C19H20F2N6O. The number of hydrogen-bond donors (Lipinski definition) is 0. The number of fused-ring (bicyclic) bond motifs is 1. The molecule has 1 aliphatic rings. The van der Waals surface area contributed by atoms with Crippen molar-refractivity contribution in [2.75, 3.05) is 29.9 Å². The molecule has 0 saturated heterocycles. The van der Waals surface area contributed by atoms with Gasteiger partial charge in [0.2, 0.25) is 0 Å². The van der Waals surface area contributed by atoms with Crippen molar-refractivity contribution in [3.05, 3.63) is 54.4 Å². The number of alkyl halides is 2. The lowest BCUT2D eigenvalue weighted by molar-refractivity contribution is -0.0498. The number of tetrazole rings is 1. The Morgan fingerprint density at radius 1 is 1.04 bits per heavy atom. The number of benzene rings is 2. The van der Waals surface area contributed by atoms with Gasteiger partial charge in [0.15, 0.2) is 5.82 Å². The highest BCUT2D eigenvalue weighted by Gasteiger charge is 2.20. The molecule has 9 heteroatoms. The molecule has 3 aromatic rings. The van der Waals surface area contributed by atoms with E-state index in [1.165, 1.54) is 17.8 Å². The van der Waals surface area contributed by atoms with Gasteiger partial charge in [-0.05, 0) is 53.2 Å². The van der Waals surface area contributed by atoms with E-state index >= 15 is 0 Å². The van der Waals surface area contributed by atoms with E-state index in [0.29, 0.717) is 18.1 Å². The Bertz CT molecular complexity index is 930. The topological polar surface area (TPSA) is 59.3 Å².